The van der Waals surface area contributed by atoms with E-state index < -0.39 is 0 Å². The maximum atomic E-state index is 2.27. The molecule has 10 radical (unpaired) electrons. The van der Waals surface area contributed by atoms with Crippen molar-refractivity contribution in [3.63, 3.8) is 0 Å². The molecule has 0 saturated heterocycles. The van der Waals surface area contributed by atoms with Gasteiger partial charge in [-0.05, 0) is 0 Å². The minimum atomic E-state index is 0. The normalized spacial score (nSPS) is 8.12. The van der Waals surface area contributed by atoms with Crippen LogP contribution < -0.4 is 0 Å². The van der Waals surface area contributed by atoms with E-state index in [2.05, 4.69) is 58.9 Å². The number of rotatable bonds is 1. The SMILES string of the molecule is C[Si](C)C.C[Si](C)C.C[Si](C)C.[Bi].[Bi][CH2][CH2][Bi]. The first kappa shape index (κ1) is 32.3. The quantitative estimate of drug-likeness (QED) is 0.352. The molecule has 0 fully saturated rings. The molecule has 0 saturated carbocycles. The topological polar surface area (TPSA) is 0 Å². The minimum absolute atomic E-state index is 0. The summed E-state index contributed by atoms with van der Waals surface area (Å²) in [6.45, 7) is 20.4. The van der Waals surface area contributed by atoms with Crippen molar-refractivity contribution in [2.24, 2.45) is 0 Å². The molecule has 0 atom stereocenters. The van der Waals surface area contributed by atoms with E-state index in [1.807, 2.05) is 0 Å². The second-order valence-corrected chi connectivity index (χ2v) is 17.4. The molecule has 6 heteroatoms. The van der Waals surface area contributed by atoms with E-state index in [9.17, 15) is 0 Å². The molecule has 102 valence electrons. The standard InChI is InChI=1S/3C3H9Si.C2H4.3Bi/c3*1-4(2)3;1-2;;;/h3*1-3H3;1-2H2;;;. The van der Waals surface area contributed by atoms with Gasteiger partial charge >= 0.3 is 57.7 Å². The van der Waals surface area contributed by atoms with Crippen molar-refractivity contribution in [1.29, 1.82) is 0 Å². The summed E-state index contributed by atoms with van der Waals surface area (Å²) in [5.74, 6) is 0. The predicted molar refractivity (Wildman–Crippen MR) is 96.9 cm³/mol. The molecular weight excluding hydrogens is 843 g/mol. The first-order chi connectivity index (χ1) is 7.11. The molecule has 0 aliphatic rings. The summed E-state index contributed by atoms with van der Waals surface area (Å²) < 4.78 is 2.96. The van der Waals surface area contributed by atoms with Crippen LogP contribution in [0.1, 0.15) is 0 Å². The van der Waals surface area contributed by atoms with Crippen molar-refractivity contribution in [3.8, 4) is 0 Å². The summed E-state index contributed by atoms with van der Waals surface area (Å²) in [5.41, 5.74) is 0. The van der Waals surface area contributed by atoms with Gasteiger partial charge in [-0.1, -0.05) is 58.9 Å². The van der Waals surface area contributed by atoms with E-state index in [1.165, 1.54) is 8.26 Å². The third kappa shape index (κ3) is 312. The number of hydrogen-bond donors (Lipinski definition) is 0. The van der Waals surface area contributed by atoms with Crippen molar-refractivity contribution in [2.45, 2.75) is 67.2 Å². The van der Waals surface area contributed by atoms with E-state index >= 15 is 0 Å². The van der Waals surface area contributed by atoms with Crippen LogP contribution in [0.4, 0.5) is 0 Å². The average Bonchev–Trinajstić information content (AvgIpc) is 2.00. The van der Waals surface area contributed by atoms with Gasteiger partial charge in [0.1, 0.15) is 0 Å². The molecule has 0 aromatic rings. The zero-order valence-corrected chi connectivity index (χ0v) is 26.7. The van der Waals surface area contributed by atoms with Gasteiger partial charge in [0.2, 0.25) is 0 Å². The average molecular weight is 875 g/mol. The molecule has 0 amide bonds. The Morgan fingerprint density at radius 2 is 0.588 bits per heavy atom. The van der Waals surface area contributed by atoms with Crippen LogP contribution in [0.15, 0.2) is 0 Å². The molecule has 0 aliphatic carbocycles. The Labute approximate surface area is 167 Å². The maximum absolute atomic E-state index is 2.27. The van der Waals surface area contributed by atoms with Crippen LogP contribution in [0, 0.1) is 0 Å². The third-order valence-electron chi connectivity index (χ3n) is 0.1000. The van der Waals surface area contributed by atoms with Gasteiger partial charge in [0, 0.05) is 52.6 Å². The molecule has 0 nitrogen and oxygen atoms in total. The summed E-state index contributed by atoms with van der Waals surface area (Å²) in [7, 11) is 0.361. The first-order valence-corrected chi connectivity index (χ1v) is 19.5. The van der Waals surface area contributed by atoms with Crippen LogP contribution in [0.2, 0.25) is 67.2 Å². The zero-order chi connectivity index (χ0) is 14.1. The van der Waals surface area contributed by atoms with Gasteiger partial charge in [-0.15, -0.1) is 0 Å². The molecule has 17 heavy (non-hydrogen) atoms. The summed E-state index contributed by atoms with van der Waals surface area (Å²) in [6, 6.07) is 0. The van der Waals surface area contributed by atoms with Crippen LogP contribution in [0.5, 0.6) is 0 Å². The first-order valence-electron chi connectivity index (χ1n) is 5.63. The molecule has 0 bridgehead atoms. The second-order valence-electron chi connectivity index (χ2n) is 4.95. The summed E-state index contributed by atoms with van der Waals surface area (Å²) >= 11 is 3.15. The fourth-order valence-corrected chi connectivity index (χ4v) is 0. The van der Waals surface area contributed by atoms with Crippen LogP contribution in [0.25, 0.3) is 0 Å². The Balaban J connectivity index is -0.0000000369. The van der Waals surface area contributed by atoms with Gasteiger partial charge in [-0.3, -0.25) is 0 Å². The van der Waals surface area contributed by atoms with E-state index in [4.69, 9.17) is 0 Å². The van der Waals surface area contributed by atoms with Gasteiger partial charge in [0.25, 0.3) is 0 Å². The van der Waals surface area contributed by atoms with Crippen molar-refractivity contribution in [3.05, 3.63) is 0 Å². The fraction of sp³-hybridized carbons (Fsp3) is 1.00. The molecule has 0 aromatic heterocycles. The molecule has 0 spiro atoms. The monoisotopic (exact) mass is 874 g/mol. The van der Waals surface area contributed by atoms with Crippen LogP contribution >= 0.6 is 0 Å². The van der Waals surface area contributed by atoms with Gasteiger partial charge in [0.15, 0.2) is 0 Å². The molecule has 0 N–H and O–H groups in total. The Bertz CT molecular complexity index is 67.5. The summed E-state index contributed by atoms with van der Waals surface area (Å²) in [5, 5.41) is 0. The van der Waals surface area contributed by atoms with Crippen molar-refractivity contribution in [1.82, 2.24) is 0 Å². The van der Waals surface area contributed by atoms with Crippen LogP contribution in [-0.4, -0.2) is 102 Å². The van der Waals surface area contributed by atoms with Gasteiger partial charge < -0.3 is 0 Å². The predicted octanol–water partition coefficient (Wildman–Crippen LogP) is 3.89. The molecule has 0 heterocycles. The molecule has 0 rings (SSSR count). The van der Waals surface area contributed by atoms with Gasteiger partial charge in [-0.2, -0.15) is 0 Å². The molecule has 0 aromatic carbocycles. The zero-order valence-electron chi connectivity index (χ0n) is 13.3. The number of hydrogen-bond acceptors (Lipinski definition) is 0. The fourth-order valence-electron chi connectivity index (χ4n) is 0. The molecular formula is C11H31Bi3Si3. The van der Waals surface area contributed by atoms with Crippen molar-refractivity contribution >= 4 is 102 Å². The third-order valence-corrected chi connectivity index (χ3v) is 7.70. The van der Waals surface area contributed by atoms with Crippen LogP contribution in [0.3, 0.4) is 0 Å². The summed E-state index contributed by atoms with van der Waals surface area (Å²) in [6.07, 6.45) is 0. The van der Waals surface area contributed by atoms with Gasteiger partial charge in [-0.25, -0.2) is 0 Å². The van der Waals surface area contributed by atoms with E-state index in [-0.39, 0.29) is 52.6 Å². The van der Waals surface area contributed by atoms with E-state index in [0.717, 1.165) is 0 Å². The Kier molecular flexibility index (Phi) is 60.1. The van der Waals surface area contributed by atoms with Crippen LogP contribution in [-0.2, 0) is 0 Å². The Hall–Kier alpha value is 3.30. The molecule has 0 unspecified atom stereocenters. The Morgan fingerprint density at radius 3 is 0.588 bits per heavy atom. The van der Waals surface area contributed by atoms with E-state index in [0.29, 0.717) is 0 Å². The molecule has 0 aliphatic heterocycles. The van der Waals surface area contributed by atoms with Crippen molar-refractivity contribution < 1.29 is 0 Å². The summed E-state index contributed by atoms with van der Waals surface area (Å²) in [4.78, 5) is 0. The van der Waals surface area contributed by atoms with E-state index in [1.54, 1.807) is 49.4 Å². The van der Waals surface area contributed by atoms with Crippen molar-refractivity contribution in [2.75, 3.05) is 0 Å². The Morgan fingerprint density at radius 1 is 0.529 bits per heavy atom. The van der Waals surface area contributed by atoms with Gasteiger partial charge in [0.05, 0.1) is 0 Å². The second kappa shape index (κ2) is 31.6.